The summed E-state index contributed by atoms with van der Waals surface area (Å²) in [5.74, 6) is 0.983. The van der Waals surface area contributed by atoms with Crippen molar-refractivity contribution in [2.24, 2.45) is 5.73 Å². The molecule has 0 aromatic carbocycles. The van der Waals surface area contributed by atoms with Crippen molar-refractivity contribution in [1.82, 2.24) is 14.6 Å². The van der Waals surface area contributed by atoms with E-state index in [0.29, 0.717) is 0 Å². The van der Waals surface area contributed by atoms with Gasteiger partial charge in [-0.15, -0.1) is 10.2 Å². The number of hydrogen-bond acceptors (Lipinski definition) is 3. The normalized spacial score (nSPS) is 13.4. The summed E-state index contributed by atoms with van der Waals surface area (Å²) in [7, 11) is 0. The number of nitrogens with two attached hydrogens (primary N) is 1. The molecule has 1 unspecified atom stereocenters. The van der Waals surface area contributed by atoms with E-state index < -0.39 is 0 Å². The summed E-state index contributed by atoms with van der Waals surface area (Å²) in [5, 5.41) is 8.18. The van der Waals surface area contributed by atoms with Crippen molar-refractivity contribution < 1.29 is 0 Å². The van der Waals surface area contributed by atoms with Gasteiger partial charge in [-0.25, -0.2) is 0 Å². The van der Waals surface area contributed by atoms with Gasteiger partial charge in [0.25, 0.3) is 0 Å². The SMILES string of the molecule is CCc1nnc2cc(C(C)N)ccn12. The van der Waals surface area contributed by atoms with Crippen LogP contribution in [0.15, 0.2) is 18.3 Å². The Morgan fingerprint density at radius 1 is 1.50 bits per heavy atom. The average molecular weight is 190 g/mol. The average Bonchev–Trinajstić information content (AvgIpc) is 2.59. The van der Waals surface area contributed by atoms with Crippen molar-refractivity contribution in [3.8, 4) is 0 Å². The second-order valence-corrected chi connectivity index (χ2v) is 3.45. The lowest BCUT2D eigenvalue weighted by molar-refractivity contribution is 0.814. The first kappa shape index (κ1) is 9.15. The molecule has 0 aliphatic heterocycles. The summed E-state index contributed by atoms with van der Waals surface area (Å²) in [5.41, 5.74) is 7.75. The minimum absolute atomic E-state index is 0.0433. The highest BCUT2D eigenvalue weighted by Crippen LogP contribution is 2.12. The molecule has 1 atom stereocenters. The third kappa shape index (κ3) is 1.37. The Morgan fingerprint density at radius 2 is 2.29 bits per heavy atom. The Labute approximate surface area is 82.8 Å². The number of aryl methyl sites for hydroxylation is 1. The van der Waals surface area contributed by atoms with E-state index in [1.807, 2.05) is 29.7 Å². The van der Waals surface area contributed by atoms with Gasteiger partial charge in [0, 0.05) is 18.7 Å². The van der Waals surface area contributed by atoms with Crippen LogP contribution in [0, 0.1) is 0 Å². The highest BCUT2D eigenvalue weighted by Gasteiger charge is 2.05. The van der Waals surface area contributed by atoms with E-state index in [4.69, 9.17) is 5.73 Å². The van der Waals surface area contributed by atoms with Gasteiger partial charge >= 0.3 is 0 Å². The maximum Gasteiger partial charge on any atom is 0.161 e. The molecule has 14 heavy (non-hydrogen) atoms. The number of pyridine rings is 1. The monoisotopic (exact) mass is 190 g/mol. The molecule has 74 valence electrons. The van der Waals surface area contributed by atoms with Gasteiger partial charge in [0.1, 0.15) is 5.82 Å². The Bertz CT molecular complexity index is 444. The molecule has 0 radical (unpaired) electrons. The molecule has 0 saturated carbocycles. The zero-order chi connectivity index (χ0) is 10.1. The summed E-state index contributed by atoms with van der Waals surface area (Å²) in [6.07, 6.45) is 2.87. The van der Waals surface area contributed by atoms with Crippen molar-refractivity contribution >= 4 is 5.65 Å². The highest BCUT2D eigenvalue weighted by molar-refractivity contribution is 5.42. The topological polar surface area (TPSA) is 56.2 Å². The van der Waals surface area contributed by atoms with Gasteiger partial charge in [0.05, 0.1) is 0 Å². The summed E-state index contributed by atoms with van der Waals surface area (Å²) in [4.78, 5) is 0. The van der Waals surface area contributed by atoms with Gasteiger partial charge in [-0.2, -0.15) is 0 Å². The standard InChI is InChI=1S/C10H14N4/c1-3-9-12-13-10-6-8(7(2)11)4-5-14(9)10/h4-7H,3,11H2,1-2H3. The van der Waals surface area contributed by atoms with Gasteiger partial charge in [0.15, 0.2) is 5.65 Å². The zero-order valence-corrected chi connectivity index (χ0v) is 8.44. The molecule has 2 aromatic rings. The van der Waals surface area contributed by atoms with Crippen molar-refractivity contribution in [2.75, 3.05) is 0 Å². The molecule has 0 aliphatic rings. The Hall–Kier alpha value is -1.42. The van der Waals surface area contributed by atoms with Crippen molar-refractivity contribution in [3.63, 3.8) is 0 Å². The molecule has 0 amide bonds. The van der Waals surface area contributed by atoms with Gasteiger partial charge in [-0.1, -0.05) is 6.92 Å². The molecule has 0 spiro atoms. The van der Waals surface area contributed by atoms with E-state index in [1.165, 1.54) is 0 Å². The van der Waals surface area contributed by atoms with Gasteiger partial charge < -0.3 is 5.73 Å². The molecule has 2 heterocycles. The van der Waals surface area contributed by atoms with Crippen molar-refractivity contribution in [2.45, 2.75) is 26.3 Å². The minimum atomic E-state index is 0.0433. The van der Waals surface area contributed by atoms with Gasteiger partial charge in [-0.3, -0.25) is 4.40 Å². The van der Waals surface area contributed by atoms with Crippen molar-refractivity contribution in [1.29, 1.82) is 0 Å². The largest absolute Gasteiger partial charge is 0.324 e. The second-order valence-electron chi connectivity index (χ2n) is 3.45. The molecular formula is C10H14N4. The third-order valence-corrected chi connectivity index (χ3v) is 2.35. The van der Waals surface area contributed by atoms with Crippen LogP contribution in [-0.2, 0) is 6.42 Å². The number of nitrogens with zero attached hydrogens (tertiary/aromatic N) is 3. The third-order valence-electron chi connectivity index (χ3n) is 2.35. The van der Waals surface area contributed by atoms with E-state index in [9.17, 15) is 0 Å². The smallest absolute Gasteiger partial charge is 0.161 e. The van der Waals surface area contributed by atoms with Crippen LogP contribution in [0.5, 0.6) is 0 Å². The first-order chi connectivity index (χ1) is 6.72. The molecule has 0 saturated heterocycles. The molecule has 0 bridgehead atoms. The van der Waals surface area contributed by atoms with E-state index >= 15 is 0 Å². The predicted molar refractivity (Wildman–Crippen MR) is 55.0 cm³/mol. The minimum Gasteiger partial charge on any atom is -0.324 e. The predicted octanol–water partition coefficient (Wildman–Crippen LogP) is 1.31. The molecule has 2 rings (SSSR count). The molecular weight excluding hydrogens is 176 g/mol. The Balaban J connectivity index is 2.57. The summed E-state index contributed by atoms with van der Waals surface area (Å²) >= 11 is 0. The van der Waals surface area contributed by atoms with E-state index in [2.05, 4.69) is 17.1 Å². The fourth-order valence-corrected chi connectivity index (χ4v) is 1.48. The fourth-order valence-electron chi connectivity index (χ4n) is 1.48. The molecule has 4 nitrogen and oxygen atoms in total. The second kappa shape index (κ2) is 3.38. The van der Waals surface area contributed by atoms with Crippen LogP contribution in [-0.4, -0.2) is 14.6 Å². The van der Waals surface area contributed by atoms with Crippen LogP contribution < -0.4 is 5.73 Å². The number of aromatic nitrogens is 3. The van der Waals surface area contributed by atoms with E-state index in [-0.39, 0.29) is 6.04 Å². The molecule has 2 aromatic heterocycles. The maximum absolute atomic E-state index is 5.79. The molecule has 0 aliphatic carbocycles. The van der Waals surface area contributed by atoms with Gasteiger partial charge in [0.2, 0.25) is 0 Å². The molecule has 4 heteroatoms. The summed E-state index contributed by atoms with van der Waals surface area (Å²) in [6.45, 7) is 4.03. The zero-order valence-electron chi connectivity index (χ0n) is 8.44. The van der Waals surface area contributed by atoms with Crippen LogP contribution >= 0.6 is 0 Å². The van der Waals surface area contributed by atoms with Crippen LogP contribution in [0.3, 0.4) is 0 Å². The maximum atomic E-state index is 5.79. The molecule has 2 N–H and O–H groups in total. The lowest BCUT2D eigenvalue weighted by atomic mass is 10.1. The lowest BCUT2D eigenvalue weighted by Crippen LogP contribution is -2.05. The highest BCUT2D eigenvalue weighted by atomic mass is 15.2. The quantitative estimate of drug-likeness (QED) is 0.776. The van der Waals surface area contributed by atoms with E-state index in [1.54, 1.807) is 0 Å². The van der Waals surface area contributed by atoms with Crippen LogP contribution in [0.4, 0.5) is 0 Å². The number of hydrogen-bond donors (Lipinski definition) is 1. The molecule has 0 fully saturated rings. The van der Waals surface area contributed by atoms with Crippen LogP contribution in [0.2, 0.25) is 0 Å². The van der Waals surface area contributed by atoms with Crippen LogP contribution in [0.1, 0.15) is 31.3 Å². The fraction of sp³-hybridized carbons (Fsp3) is 0.400. The number of rotatable bonds is 2. The number of fused-ring (bicyclic) bond motifs is 1. The summed E-state index contributed by atoms with van der Waals surface area (Å²) < 4.78 is 1.99. The first-order valence-electron chi connectivity index (χ1n) is 4.81. The first-order valence-corrected chi connectivity index (χ1v) is 4.81. The van der Waals surface area contributed by atoms with Crippen LogP contribution in [0.25, 0.3) is 5.65 Å². The Morgan fingerprint density at radius 3 is 2.93 bits per heavy atom. The van der Waals surface area contributed by atoms with Gasteiger partial charge in [-0.05, 0) is 24.6 Å². The Kier molecular flexibility index (Phi) is 2.21. The summed E-state index contributed by atoms with van der Waals surface area (Å²) in [6, 6.07) is 4.04. The van der Waals surface area contributed by atoms with Crippen molar-refractivity contribution in [3.05, 3.63) is 29.7 Å². The van der Waals surface area contributed by atoms with E-state index in [0.717, 1.165) is 23.5 Å². The lowest BCUT2D eigenvalue weighted by Gasteiger charge is -2.05.